The van der Waals surface area contributed by atoms with E-state index in [0.29, 0.717) is 17.5 Å². The molecule has 0 aliphatic rings. The Morgan fingerprint density at radius 3 is 1.75 bits per heavy atom. The maximum Gasteiger partial charge on any atom is 0.166 e. The largest absolute Gasteiger partial charge is 0.455 e. The fourth-order valence-electron chi connectivity index (χ4n) is 7.83. The number of rotatable bonds is 4. The van der Waals surface area contributed by atoms with E-state index < -0.39 is 0 Å². The minimum atomic E-state index is 0.611. The summed E-state index contributed by atoms with van der Waals surface area (Å²) >= 11 is 0. The van der Waals surface area contributed by atoms with Gasteiger partial charge in [-0.2, -0.15) is 0 Å². The van der Waals surface area contributed by atoms with Crippen molar-refractivity contribution in [1.82, 2.24) is 19.5 Å². The number of hydrogen-bond donors (Lipinski definition) is 0. The van der Waals surface area contributed by atoms with Crippen LogP contribution in [-0.4, -0.2) is 19.5 Å². The molecule has 0 spiro atoms. The summed E-state index contributed by atoms with van der Waals surface area (Å²) in [5.74, 6) is 1.87. The monoisotopic (exact) mass is 664 g/mol. The Bertz CT molecular complexity index is 3120. The molecule has 5 heteroatoms. The first-order valence-corrected chi connectivity index (χ1v) is 17.5. The van der Waals surface area contributed by atoms with Gasteiger partial charge in [-0.05, 0) is 52.6 Å². The van der Waals surface area contributed by atoms with Crippen molar-refractivity contribution in [2.45, 2.75) is 0 Å². The first-order valence-electron chi connectivity index (χ1n) is 17.5. The molecule has 0 fully saturated rings. The van der Waals surface area contributed by atoms with Gasteiger partial charge in [-0.1, -0.05) is 133 Å². The molecule has 0 aliphatic carbocycles. The van der Waals surface area contributed by atoms with Crippen LogP contribution in [0.4, 0.5) is 0 Å². The summed E-state index contributed by atoms with van der Waals surface area (Å²) in [6.45, 7) is 0. The van der Waals surface area contributed by atoms with Crippen molar-refractivity contribution < 1.29 is 4.42 Å². The number of benzene rings is 8. The maximum absolute atomic E-state index is 6.66. The quantitative estimate of drug-likeness (QED) is 0.188. The van der Waals surface area contributed by atoms with Crippen LogP contribution in [-0.2, 0) is 0 Å². The van der Waals surface area contributed by atoms with Crippen LogP contribution in [0.15, 0.2) is 174 Å². The average molecular weight is 665 g/mol. The Morgan fingerprint density at radius 2 is 1.00 bits per heavy atom. The Morgan fingerprint density at radius 1 is 0.404 bits per heavy atom. The van der Waals surface area contributed by atoms with Gasteiger partial charge in [-0.15, -0.1) is 0 Å². The third kappa shape index (κ3) is 4.33. The number of nitrogens with zero attached hydrogens (tertiary/aromatic N) is 4. The van der Waals surface area contributed by atoms with Gasteiger partial charge in [0.05, 0.1) is 16.7 Å². The van der Waals surface area contributed by atoms with Crippen molar-refractivity contribution in [1.29, 1.82) is 0 Å². The molecule has 52 heavy (non-hydrogen) atoms. The van der Waals surface area contributed by atoms with Crippen molar-refractivity contribution in [3.05, 3.63) is 170 Å². The highest BCUT2D eigenvalue weighted by Gasteiger charge is 2.23. The first-order chi connectivity index (χ1) is 25.8. The molecule has 8 aromatic carbocycles. The summed E-state index contributed by atoms with van der Waals surface area (Å²) in [6, 6.07) is 59.1. The van der Waals surface area contributed by atoms with E-state index in [1.54, 1.807) is 0 Å². The molecule has 0 amide bonds. The van der Waals surface area contributed by atoms with Gasteiger partial charge in [-0.25, -0.2) is 15.0 Å². The van der Waals surface area contributed by atoms with Gasteiger partial charge in [-0.3, -0.25) is 0 Å². The number of para-hydroxylation sites is 2. The molecule has 242 valence electrons. The molecule has 3 heterocycles. The maximum atomic E-state index is 6.66. The Labute approximate surface area is 298 Å². The summed E-state index contributed by atoms with van der Waals surface area (Å²) < 4.78 is 9.04. The van der Waals surface area contributed by atoms with Crippen molar-refractivity contribution in [2.75, 3.05) is 0 Å². The molecule has 0 saturated heterocycles. The van der Waals surface area contributed by atoms with Gasteiger partial charge in [0.25, 0.3) is 0 Å². The third-order valence-corrected chi connectivity index (χ3v) is 10.2. The SMILES string of the molecule is c1ccc(-c2nc(-c3ccccc3)nc(-c3cc4ccccc4cc3-n3c4ccccc4c4c5c(ccc6c7ccccc7oc65)ccc43)n2)cc1. The molecule has 0 aliphatic heterocycles. The standard InChI is InChI=1S/C47H28N4O/c1-3-13-30(14-4-1)45-48-46(31-15-5-2-6-16-31)50-47(49-45)37-27-32-17-7-8-18-33(32)28-40(37)51-38-21-11-9-20-36(38)43-39(51)26-24-29-23-25-35-34-19-10-12-22-41(34)52-44(35)42(29)43/h1-28H. The number of aromatic nitrogens is 4. The lowest BCUT2D eigenvalue weighted by Gasteiger charge is -2.16. The zero-order valence-corrected chi connectivity index (χ0v) is 27.9. The number of furan rings is 1. The minimum absolute atomic E-state index is 0.611. The molecule has 0 radical (unpaired) electrons. The van der Waals surface area contributed by atoms with E-state index in [0.717, 1.165) is 87.7 Å². The van der Waals surface area contributed by atoms with Crippen LogP contribution < -0.4 is 0 Å². The molecule has 5 nitrogen and oxygen atoms in total. The van der Waals surface area contributed by atoms with Crippen LogP contribution in [0.3, 0.4) is 0 Å². The first kappa shape index (κ1) is 28.7. The van der Waals surface area contributed by atoms with Crippen molar-refractivity contribution in [3.8, 4) is 39.9 Å². The van der Waals surface area contributed by atoms with Gasteiger partial charge in [0.15, 0.2) is 17.5 Å². The predicted octanol–water partition coefficient (Wildman–Crippen LogP) is 12.2. The highest BCUT2D eigenvalue weighted by atomic mass is 16.3. The Balaban J connectivity index is 1.27. The highest BCUT2D eigenvalue weighted by Crippen LogP contribution is 2.44. The van der Waals surface area contributed by atoms with Crippen LogP contribution in [0.2, 0.25) is 0 Å². The van der Waals surface area contributed by atoms with Gasteiger partial charge in [0.2, 0.25) is 0 Å². The lowest BCUT2D eigenvalue weighted by molar-refractivity contribution is 0.673. The van der Waals surface area contributed by atoms with E-state index >= 15 is 0 Å². The molecule has 0 atom stereocenters. The molecule has 0 saturated carbocycles. The van der Waals surface area contributed by atoms with Gasteiger partial charge in [0.1, 0.15) is 11.2 Å². The van der Waals surface area contributed by atoms with Gasteiger partial charge in [0, 0.05) is 43.6 Å². The fraction of sp³-hybridized carbons (Fsp3) is 0. The van der Waals surface area contributed by atoms with E-state index in [4.69, 9.17) is 19.4 Å². The fourth-order valence-corrected chi connectivity index (χ4v) is 7.83. The second-order valence-corrected chi connectivity index (χ2v) is 13.2. The summed E-state index contributed by atoms with van der Waals surface area (Å²) in [6.07, 6.45) is 0. The average Bonchev–Trinajstić information content (AvgIpc) is 3.77. The van der Waals surface area contributed by atoms with Crippen LogP contribution in [0.1, 0.15) is 0 Å². The predicted molar refractivity (Wildman–Crippen MR) is 213 cm³/mol. The van der Waals surface area contributed by atoms with E-state index in [9.17, 15) is 0 Å². The van der Waals surface area contributed by atoms with Gasteiger partial charge >= 0.3 is 0 Å². The number of fused-ring (bicyclic) bond motifs is 10. The number of hydrogen-bond acceptors (Lipinski definition) is 4. The zero-order valence-electron chi connectivity index (χ0n) is 27.9. The minimum Gasteiger partial charge on any atom is -0.455 e. The van der Waals surface area contributed by atoms with Crippen molar-refractivity contribution in [2.24, 2.45) is 0 Å². The zero-order chi connectivity index (χ0) is 34.2. The third-order valence-electron chi connectivity index (χ3n) is 10.2. The lowest BCUT2D eigenvalue weighted by Crippen LogP contribution is -2.04. The lowest BCUT2D eigenvalue weighted by atomic mass is 10.0. The summed E-state index contributed by atoms with van der Waals surface area (Å²) in [5, 5.41) is 9.04. The van der Waals surface area contributed by atoms with E-state index in [-0.39, 0.29) is 0 Å². The molecular weight excluding hydrogens is 637 g/mol. The molecule has 0 unspecified atom stereocenters. The van der Waals surface area contributed by atoms with Crippen LogP contribution in [0.25, 0.3) is 105 Å². The molecule has 11 rings (SSSR count). The molecular formula is C47H28N4O. The smallest absolute Gasteiger partial charge is 0.166 e. The normalized spacial score (nSPS) is 11.8. The summed E-state index contributed by atoms with van der Waals surface area (Å²) in [7, 11) is 0. The van der Waals surface area contributed by atoms with E-state index in [1.165, 1.54) is 0 Å². The summed E-state index contributed by atoms with van der Waals surface area (Å²) in [5.41, 5.74) is 7.75. The molecule has 3 aromatic heterocycles. The van der Waals surface area contributed by atoms with Crippen LogP contribution >= 0.6 is 0 Å². The summed E-state index contributed by atoms with van der Waals surface area (Å²) in [4.78, 5) is 15.4. The van der Waals surface area contributed by atoms with Crippen LogP contribution in [0.5, 0.6) is 0 Å². The molecule has 0 bridgehead atoms. The highest BCUT2D eigenvalue weighted by molar-refractivity contribution is 6.29. The second kappa shape index (κ2) is 11.2. The topological polar surface area (TPSA) is 56.7 Å². The van der Waals surface area contributed by atoms with Gasteiger partial charge < -0.3 is 8.98 Å². The van der Waals surface area contributed by atoms with E-state index in [1.807, 2.05) is 72.8 Å². The van der Waals surface area contributed by atoms with Crippen molar-refractivity contribution in [3.63, 3.8) is 0 Å². The molecule has 0 N–H and O–H groups in total. The van der Waals surface area contributed by atoms with E-state index in [2.05, 4.69) is 102 Å². The Hall–Kier alpha value is -7.11. The second-order valence-electron chi connectivity index (χ2n) is 13.2. The van der Waals surface area contributed by atoms with Crippen LogP contribution in [0, 0.1) is 0 Å². The Kier molecular flexibility index (Phi) is 6.18. The van der Waals surface area contributed by atoms with Crippen molar-refractivity contribution >= 4 is 65.3 Å². The molecule has 11 aromatic rings.